The number of hydrogen-bond acceptors (Lipinski definition) is 4. The van der Waals surface area contributed by atoms with Gasteiger partial charge in [0.1, 0.15) is 12.1 Å². The van der Waals surface area contributed by atoms with Gasteiger partial charge in [-0.3, -0.25) is 0 Å². The molecule has 1 aliphatic carbocycles. The van der Waals surface area contributed by atoms with Crippen molar-refractivity contribution in [3.8, 4) is 0 Å². The van der Waals surface area contributed by atoms with Crippen LogP contribution in [0.1, 0.15) is 69.6 Å². The van der Waals surface area contributed by atoms with Crippen LogP contribution in [-0.4, -0.2) is 25.2 Å². The van der Waals surface area contributed by atoms with Crippen LogP contribution in [0.5, 0.6) is 0 Å². The number of halogens is 2. The SMILES string of the molecule is COC(=O)C(CC1CCCCC1)NC(=O)OC(c1cccc(Cl)c1)C(C)(C)c1cccc(Cl)c1. The lowest BCUT2D eigenvalue weighted by molar-refractivity contribution is -0.143. The van der Waals surface area contributed by atoms with Crippen molar-refractivity contribution < 1.29 is 19.1 Å². The van der Waals surface area contributed by atoms with E-state index in [0.29, 0.717) is 22.4 Å². The molecule has 3 rings (SSSR count). The molecule has 1 aliphatic rings. The fourth-order valence-electron chi connectivity index (χ4n) is 4.74. The van der Waals surface area contributed by atoms with Gasteiger partial charge in [0.05, 0.1) is 7.11 Å². The highest BCUT2D eigenvalue weighted by atomic mass is 35.5. The van der Waals surface area contributed by atoms with Gasteiger partial charge in [-0.2, -0.15) is 0 Å². The summed E-state index contributed by atoms with van der Waals surface area (Å²) in [7, 11) is 1.33. The molecule has 34 heavy (non-hydrogen) atoms. The first-order valence-corrected chi connectivity index (χ1v) is 12.5. The van der Waals surface area contributed by atoms with Gasteiger partial charge >= 0.3 is 12.1 Å². The van der Waals surface area contributed by atoms with Crippen molar-refractivity contribution in [1.29, 1.82) is 0 Å². The van der Waals surface area contributed by atoms with Gasteiger partial charge in [-0.05, 0) is 47.7 Å². The average molecular weight is 506 g/mol. The molecule has 1 N–H and O–H groups in total. The monoisotopic (exact) mass is 505 g/mol. The number of methoxy groups -OCH3 is 1. The van der Waals surface area contributed by atoms with Gasteiger partial charge in [-0.15, -0.1) is 0 Å². The van der Waals surface area contributed by atoms with Crippen molar-refractivity contribution in [2.45, 2.75) is 69.9 Å². The zero-order chi connectivity index (χ0) is 24.7. The second-order valence-electron chi connectivity index (χ2n) is 9.53. The van der Waals surface area contributed by atoms with E-state index in [-0.39, 0.29) is 0 Å². The Labute approximate surface area is 212 Å². The van der Waals surface area contributed by atoms with Gasteiger partial charge in [0, 0.05) is 15.5 Å². The number of carbonyl (C=O) groups is 2. The second-order valence-corrected chi connectivity index (χ2v) is 10.4. The van der Waals surface area contributed by atoms with Crippen LogP contribution in [0.2, 0.25) is 10.0 Å². The van der Waals surface area contributed by atoms with E-state index >= 15 is 0 Å². The van der Waals surface area contributed by atoms with Crippen LogP contribution in [0, 0.1) is 5.92 Å². The predicted octanol–water partition coefficient (Wildman–Crippen LogP) is 7.25. The molecule has 0 aromatic heterocycles. The van der Waals surface area contributed by atoms with Crippen molar-refractivity contribution >= 4 is 35.3 Å². The quantitative estimate of drug-likeness (QED) is 0.383. The maximum atomic E-state index is 13.1. The molecule has 184 valence electrons. The molecule has 2 aromatic rings. The summed E-state index contributed by atoms with van der Waals surface area (Å²) in [6, 6.07) is 14.0. The number of rotatable bonds is 8. The topological polar surface area (TPSA) is 64.6 Å². The lowest BCUT2D eigenvalue weighted by atomic mass is 9.76. The van der Waals surface area contributed by atoms with Gasteiger partial charge in [-0.25, -0.2) is 9.59 Å². The van der Waals surface area contributed by atoms with Gasteiger partial charge in [0.25, 0.3) is 0 Å². The largest absolute Gasteiger partial charge is 0.467 e. The fraction of sp³-hybridized carbons (Fsp3) is 0.481. The maximum absolute atomic E-state index is 13.1. The lowest BCUT2D eigenvalue weighted by Crippen LogP contribution is -2.44. The Morgan fingerprint density at radius 3 is 2.29 bits per heavy atom. The van der Waals surface area contributed by atoms with Gasteiger partial charge in [-0.1, -0.05) is 93.4 Å². The Morgan fingerprint density at radius 2 is 1.68 bits per heavy atom. The van der Waals surface area contributed by atoms with Crippen molar-refractivity contribution in [2.75, 3.05) is 7.11 Å². The summed E-state index contributed by atoms with van der Waals surface area (Å²) in [6.07, 6.45) is 4.80. The van der Waals surface area contributed by atoms with Crippen molar-refractivity contribution in [3.05, 3.63) is 69.7 Å². The van der Waals surface area contributed by atoms with E-state index in [1.54, 1.807) is 18.2 Å². The normalized spacial score (nSPS) is 16.4. The summed E-state index contributed by atoms with van der Waals surface area (Å²) in [5.74, 6) is -0.0827. The highest BCUT2D eigenvalue weighted by Crippen LogP contribution is 2.41. The van der Waals surface area contributed by atoms with E-state index in [0.717, 1.165) is 36.8 Å². The summed E-state index contributed by atoms with van der Waals surface area (Å²) in [4.78, 5) is 25.6. The number of hydrogen-bond donors (Lipinski definition) is 1. The lowest BCUT2D eigenvalue weighted by Gasteiger charge is -2.35. The molecular weight excluding hydrogens is 473 g/mol. The zero-order valence-electron chi connectivity index (χ0n) is 20.0. The van der Waals surface area contributed by atoms with E-state index in [2.05, 4.69) is 5.32 Å². The van der Waals surface area contributed by atoms with Gasteiger partial charge in [0.2, 0.25) is 0 Å². The first-order valence-electron chi connectivity index (χ1n) is 11.8. The maximum Gasteiger partial charge on any atom is 0.408 e. The van der Waals surface area contributed by atoms with Gasteiger partial charge < -0.3 is 14.8 Å². The minimum absolute atomic E-state index is 0.379. The Hall–Kier alpha value is -2.24. The summed E-state index contributed by atoms with van der Waals surface area (Å²) in [5.41, 5.74) is 1.01. The molecule has 1 fully saturated rings. The van der Waals surface area contributed by atoms with Crippen molar-refractivity contribution in [2.24, 2.45) is 5.92 Å². The second kappa shape index (κ2) is 11.9. The molecule has 2 atom stereocenters. The van der Waals surface area contributed by atoms with Crippen LogP contribution in [0.3, 0.4) is 0 Å². The fourth-order valence-corrected chi connectivity index (χ4v) is 5.13. The zero-order valence-corrected chi connectivity index (χ0v) is 21.5. The number of alkyl carbamates (subject to hydrolysis) is 1. The molecule has 0 heterocycles. The van der Waals surface area contributed by atoms with Crippen LogP contribution in [0.4, 0.5) is 4.79 Å². The highest BCUT2D eigenvalue weighted by molar-refractivity contribution is 6.30. The summed E-state index contributed by atoms with van der Waals surface area (Å²) in [5, 5.41) is 3.91. The molecule has 1 amide bonds. The third-order valence-corrected chi connectivity index (χ3v) is 7.14. The number of ether oxygens (including phenoxy) is 2. The molecule has 0 aliphatic heterocycles. The van der Waals surface area contributed by atoms with E-state index in [4.69, 9.17) is 32.7 Å². The molecule has 7 heteroatoms. The average Bonchev–Trinajstić information content (AvgIpc) is 2.82. The van der Waals surface area contributed by atoms with E-state index in [9.17, 15) is 9.59 Å². The first kappa shape index (κ1) is 26.4. The Bertz CT molecular complexity index is 988. The third kappa shape index (κ3) is 6.89. The molecule has 0 radical (unpaired) electrons. The molecule has 0 spiro atoms. The number of benzene rings is 2. The molecular formula is C27H33Cl2NO4. The van der Waals surface area contributed by atoms with Crippen LogP contribution in [0.25, 0.3) is 0 Å². The Balaban J connectivity index is 1.84. The molecule has 0 saturated heterocycles. The first-order chi connectivity index (χ1) is 16.2. The van der Waals surface area contributed by atoms with E-state index in [1.807, 2.05) is 44.2 Å². The molecule has 5 nitrogen and oxygen atoms in total. The molecule has 1 saturated carbocycles. The Morgan fingerprint density at radius 1 is 1.03 bits per heavy atom. The molecule has 2 unspecified atom stereocenters. The van der Waals surface area contributed by atoms with Crippen molar-refractivity contribution in [1.82, 2.24) is 5.32 Å². The molecule has 2 aromatic carbocycles. The smallest absolute Gasteiger partial charge is 0.408 e. The summed E-state index contributed by atoms with van der Waals surface area (Å²) >= 11 is 12.5. The van der Waals surface area contributed by atoms with Crippen molar-refractivity contribution in [3.63, 3.8) is 0 Å². The van der Waals surface area contributed by atoms with Crippen LogP contribution < -0.4 is 5.32 Å². The predicted molar refractivity (Wildman–Crippen MR) is 135 cm³/mol. The summed E-state index contributed by atoms with van der Waals surface area (Å²) < 4.78 is 11.0. The van der Waals surface area contributed by atoms with Crippen LogP contribution in [-0.2, 0) is 19.7 Å². The minimum Gasteiger partial charge on any atom is -0.467 e. The standard InChI is InChI=1S/C27H33Cl2NO4/c1-27(2,20-12-8-14-22(29)17-20)24(19-11-7-13-21(28)16-19)34-26(32)30-23(25(31)33-3)15-18-9-5-4-6-10-18/h7-8,11-14,16-18,23-24H,4-6,9-10,15H2,1-3H3,(H,30,32). The minimum atomic E-state index is -0.755. The highest BCUT2D eigenvalue weighted by Gasteiger charge is 2.37. The molecule has 0 bridgehead atoms. The van der Waals surface area contributed by atoms with E-state index in [1.165, 1.54) is 13.5 Å². The Kier molecular flexibility index (Phi) is 9.26. The number of carbonyl (C=O) groups excluding carboxylic acids is 2. The van der Waals surface area contributed by atoms with Crippen LogP contribution >= 0.6 is 23.2 Å². The number of nitrogens with one attached hydrogen (secondary N) is 1. The number of esters is 1. The van der Waals surface area contributed by atoms with Gasteiger partial charge in [0.15, 0.2) is 0 Å². The summed E-state index contributed by atoms with van der Waals surface area (Å²) in [6.45, 7) is 3.97. The third-order valence-electron chi connectivity index (χ3n) is 6.67. The van der Waals surface area contributed by atoms with Crippen LogP contribution in [0.15, 0.2) is 48.5 Å². The number of amides is 1. The van der Waals surface area contributed by atoms with E-state index < -0.39 is 29.6 Å².